The summed E-state index contributed by atoms with van der Waals surface area (Å²) in [7, 11) is 1.48. The second-order valence-electron chi connectivity index (χ2n) is 6.34. The number of carbonyl (C=O) groups is 1. The Hall–Kier alpha value is -2.83. The van der Waals surface area contributed by atoms with Crippen LogP contribution in [0, 0.1) is 0 Å². The zero-order valence-corrected chi connectivity index (χ0v) is 14.1. The van der Waals surface area contributed by atoms with Crippen molar-refractivity contribution >= 4 is 11.8 Å². The summed E-state index contributed by atoms with van der Waals surface area (Å²) in [6.07, 6.45) is 0. The third-order valence-corrected chi connectivity index (χ3v) is 3.45. The predicted molar refractivity (Wildman–Crippen MR) is 89.7 cm³/mol. The van der Waals surface area contributed by atoms with Gasteiger partial charge in [0.1, 0.15) is 5.82 Å². The van der Waals surface area contributed by atoms with E-state index in [1.165, 1.54) is 7.11 Å². The first-order valence-corrected chi connectivity index (χ1v) is 7.44. The average molecular weight is 331 g/mol. The summed E-state index contributed by atoms with van der Waals surface area (Å²) in [5, 5.41) is 22.3. The quantitative estimate of drug-likeness (QED) is 0.773. The van der Waals surface area contributed by atoms with Crippen LogP contribution in [0.1, 0.15) is 42.6 Å². The fraction of sp³-hybridized carbons (Fsp3) is 0.353. The van der Waals surface area contributed by atoms with Crippen molar-refractivity contribution in [1.82, 2.24) is 9.97 Å². The molecule has 0 fully saturated rings. The summed E-state index contributed by atoms with van der Waals surface area (Å²) in [5.41, 5.74) is 0.913. The smallest absolute Gasteiger partial charge is 0.374 e. The van der Waals surface area contributed by atoms with Crippen molar-refractivity contribution in [3.63, 3.8) is 0 Å². The van der Waals surface area contributed by atoms with Gasteiger partial charge < -0.3 is 20.3 Å². The Balaban J connectivity index is 2.30. The number of hydrogen-bond acceptors (Lipinski definition) is 6. The molecule has 0 bridgehead atoms. The monoisotopic (exact) mass is 331 g/mol. The second-order valence-corrected chi connectivity index (χ2v) is 6.34. The Bertz CT molecular complexity index is 754. The lowest BCUT2D eigenvalue weighted by Crippen LogP contribution is -2.18. The van der Waals surface area contributed by atoms with Crippen LogP contribution < -0.4 is 10.1 Å². The van der Waals surface area contributed by atoms with E-state index in [0.29, 0.717) is 22.8 Å². The van der Waals surface area contributed by atoms with Crippen molar-refractivity contribution in [3.05, 3.63) is 41.3 Å². The van der Waals surface area contributed by atoms with E-state index in [-0.39, 0.29) is 23.5 Å². The fourth-order valence-electron chi connectivity index (χ4n) is 2.08. The molecule has 0 aliphatic carbocycles. The van der Waals surface area contributed by atoms with Crippen LogP contribution in [0.4, 0.5) is 5.82 Å². The van der Waals surface area contributed by atoms with E-state index in [2.05, 4.69) is 15.3 Å². The number of carboxylic acid groups (broad SMARTS) is 1. The van der Waals surface area contributed by atoms with Crippen LogP contribution in [0.2, 0.25) is 0 Å². The zero-order valence-electron chi connectivity index (χ0n) is 14.1. The molecule has 24 heavy (non-hydrogen) atoms. The average Bonchev–Trinajstić information content (AvgIpc) is 2.52. The predicted octanol–water partition coefficient (Wildman–Crippen LogP) is 2.80. The largest absolute Gasteiger partial charge is 0.504 e. The molecule has 3 N–H and O–H groups in total. The van der Waals surface area contributed by atoms with E-state index in [1.807, 2.05) is 20.8 Å². The molecule has 0 unspecified atom stereocenters. The molecule has 1 aromatic carbocycles. The summed E-state index contributed by atoms with van der Waals surface area (Å²) >= 11 is 0. The minimum Gasteiger partial charge on any atom is -0.504 e. The number of anilines is 1. The third kappa shape index (κ3) is 3.92. The number of hydrogen-bond donors (Lipinski definition) is 3. The van der Waals surface area contributed by atoms with E-state index in [0.717, 1.165) is 0 Å². The lowest BCUT2D eigenvalue weighted by Gasteiger charge is -2.19. The summed E-state index contributed by atoms with van der Waals surface area (Å²) in [6, 6.07) is 6.88. The van der Waals surface area contributed by atoms with Crippen LogP contribution in [0.5, 0.6) is 11.5 Å². The van der Waals surface area contributed by atoms with Gasteiger partial charge in [0, 0.05) is 23.6 Å². The van der Waals surface area contributed by atoms with E-state index < -0.39 is 5.97 Å². The minimum absolute atomic E-state index is 0.0380. The number of para-hydroxylation sites is 1. The number of methoxy groups -OCH3 is 1. The Kier molecular flexibility index (Phi) is 4.92. The molecular formula is C17H21N3O4. The van der Waals surface area contributed by atoms with Crippen molar-refractivity contribution in [2.75, 3.05) is 12.4 Å². The van der Waals surface area contributed by atoms with Gasteiger partial charge in [0.05, 0.1) is 12.8 Å². The van der Waals surface area contributed by atoms with Gasteiger partial charge in [-0.05, 0) is 6.07 Å². The maximum Gasteiger partial charge on any atom is 0.374 e. The van der Waals surface area contributed by atoms with Crippen LogP contribution >= 0.6 is 0 Å². The number of aromatic carboxylic acids is 1. The molecule has 0 atom stereocenters. The molecule has 0 saturated carbocycles. The number of nitrogens with one attached hydrogen (secondary N) is 1. The van der Waals surface area contributed by atoms with Gasteiger partial charge in [0.25, 0.3) is 0 Å². The van der Waals surface area contributed by atoms with Crippen molar-refractivity contribution in [1.29, 1.82) is 0 Å². The summed E-state index contributed by atoms with van der Waals surface area (Å²) in [5.74, 6) is -0.655. The Morgan fingerprint density at radius 1 is 1.29 bits per heavy atom. The normalized spacial score (nSPS) is 11.2. The molecular weight excluding hydrogens is 310 g/mol. The van der Waals surface area contributed by atoms with Gasteiger partial charge in [-0.1, -0.05) is 32.9 Å². The highest BCUT2D eigenvalue weighted by Gasteiger charge is 2.20. The first-order valence-electron chi connectivity index (χ1n) is 7.44. The number of benzene rings is 1. The fourth-order valence-corrected chi connectivity index (χ4v) is 2.08. The lowest BCUT2D eigenvalue weighted by molar-refractivity contribution is 0.0683. The van der Waals surface area contributed by atoms with E-state index in [9.17, 15) is 15.0 Å². The van der Waals surface area contributed by atoms with Gasteiger partial charge >= 0.3 is 5.97 Å². The number of aromatic hydroxyl groups is 1. The lowest BCUT2D eigenvalue weighted by atomic mass is 9.92. The maximum atomic E-state index is 11.2. The van der Waals surface area contributed by atoms with Gasteiger partial charge in [0.15, 0.2) is 11.5 Å². The number of aromatic nitrogens is 2. The van der Waals surface area contributed by atoms with E-state index >= 15 is 0 Å². The molecule has 0 aliphatic heterocycles. The Morgan fingerprint density at radius 3 is 2.58 bits per heavy atom. The van der Waals surface area contributed by atoms with Crippen LogP contribution in [-0.2, 0) is 12.0 Å². The van der Waals surface area contributed by atoms with Gasteiger partial charge in [-0.25, -0.2) is 14.8 Å². The molecule has 7 heteroatoms. The Morgan fingerprint density at radius 2 is 2.00 bits per heavy atom. The summed E-state index contributed by atoms with van der Waals surface area (Å²) in [6.45, 7) is 6.10. The summed E-state index contributed by atoms with van der Waals surface area (Å²) < 4.78 is 5.07. The van der Waals surface area contributed by atoms with Crippen LogP contribution in [-0.4, -0.2) is 33.3 Å². The highest BCUT2D eigenvalue weighted by molar-refractivity contribution is 5.83. The molecule has 2 rings (SSSR count). The first-order chi connectivity index (χ1) is 11.2. The van der Waals surface area contributed by atoms with Crippen molar-refractivity contribution in [2.24, 2.45) is 0 Å². The highest BCUT2D eigenvalue weighted by atomic mass is 16.5. The summed E-state index contributed by atoms with van der Waals surface area (Å²) in [4.78, 5) is 19.3. The SMILES string of the molecule is COc1cccc(CNc2cc(C(C)(C)C)nc(C(=O)O)n2)c1O. The second kappa shape index (κ2) is 6.74. The number of phenols is 1. The number of carboxylic acids is 1. The molecule has 0 amide bonds. The molecule has 1 heterocycles. The molecule has 0 aliphatic rings. The number of ether oxygens (including phenoxy) is 1. The molecule has 2 aromatic rings. The molecule has 0 saturated heterocycles. The Labute approximate surface area is 140 Å². The molecule has 7 nitrogen and oxygen atoms in total. The van der Waals surface area contributed by atoms with Gasteiger partial charge in [-0.3, -0.25) is 0 Å². The third-order valence-electron chi connectivity index (χ3n) is 3.45. The van der Waals surface area contributed by atoms with Gasteiger partial charge in [-0.15, -0.1) is 0 Å². The molecule has 128 valence electrons. The maximum absolute atomic E-state index is 11.2. The first kappa shape index (κ1) is 17.5. The standard InChI is InChI=1S/C17H21N3O4/c1-17(2,3)12-8-13(20-15(19-12)16(22)23)18-9-10-6-5-7-11(24-4)14(10)21/h5-8,21H,9H2,1-4H3,(H,22,23)(H,18,19,20). The number of rotatable bonds is 5. The van der Waals surface area contributed by atoms with Crippen LogP contribution in [0.15, 0.2) is 24.3 Å². The molecule has 0 radical (unpaired) electrons. The number of nitrogens with zero attached hydrogens (tertiary/aromatic N) is 2. The van der Waals surface area contributed by atoms with Crippen molar-refractivity contribution in [3.8, 4) is 11.5 Å². The number of phenolic OH excluding ortho intramolecular Hbond substituents is 1. The molecule has 0 spiro atoms. The van der Waals surface area contributed by atoms with Gasteiger partial charge in [0.2, 0.25) is 5.82 Å². The minimum atomic E-state index is -1.19. The van der Waals surface area contributed by atoms with E-state index in [4.69, 9.17) is 4.74 Å². The van der Waals surface area contributed by atoms with Crippen LogP contribution in [0.25, 0.3) is 0 Å². The van der Waals surface area contributed by atoms with Crippen LogP contribution in [0.3, 0.4) is 0 Å². The van der Waals surface area contributed by atoms with Crippen molar-refractivity contribution < 1.29 is 19.7 Å². The van der Waals surface area contributed by atoms with Gasteiger partial charge in [-0.2, -0.15) is 0 Å². The molecule has 1 aromatic heterocycles. The topological polar surface area (TPSA) is 105 Å². The van der Waals surface area contributed by atoms with Crippen molar-refractivity contribution in [2.45, 2.75) is 32.7 Å². The highest BCUT2D eigenvalue weighted by Crippen LogP contribution is 2.30. The van der Waals surface area contributed by atoms with E-state index in [1.54, 1.807) is 24.3 Å². The zero-order chi connectivity index (χ0) is 17.9.